The van der Waals surface area contributed by atoms with Crippen LogP contribution in [0.25, 0.3) is 11.5 Å². The van der Waals surface area contributed by atoms with Crippen molar-refractivity contribution >= 4 is 10.0 Å². The molecule has 29 heavy (non-hydrogen) atoms. The molecule has 0 saturated carbocycles. The molecule has 0 aliphatic carbocycles. The molecule has 0 spiro atoms. The van der Waals surface area contributed by atoms with Crippen molar-refractivity contribution in [2.24, 2.45) is 5.92 Å². The number of aromatic nitrogens is 3. The molecule has 4 rings (SSSR count). The van der Waals surface area contributed by atoms with E-state index in [0.717, 1.165) is 24.8 Å². The van der Waals surface area contributed by atoms with E-state index in [1.165, 1.54) is 28.6 Å². The molecule has 1 saturated heterocycles. The highest BCUT2D eigenvalue weighted by atomic mass is 32.2. The van der Waals surface area contributed by atoms with Crippen LogP contribution in [0, 0.1) is 11.7 Å². The molecule has 0 amide bonds. The lowest BCUT2D eigenvalue weighted by Gasteiger charge is -2.31. The molecule has 2 aromatic heterocycles. The second-order valence-electron chi connectivity index (χ2n) is 7.12. The van der Waals surface area contributed by atoms with E-state index in [1.54, 1.807) is 24.5 Å². The third kappa shape index (κ3) is 4.51. The minimum absolute atomic E-state index is 0.125. The zero-order valence-corrected chi connectivity index (χ0v) is 16.6. The molecule has 3 heterocycles. The Kier molecular flexibility index (Phi) is 5.68. The zero-order chi connectivity index (χ0) is 20.3. The predicted molar refractivity (Wildman–Crippen MR) is 104 cm³/mol. The summed E-state index contributed by atoms with van der Waals surface area (Å²) in [5, 5.41) is 4.03. The fourth-order valence-corrected chi connectivity index (χ4v) is 5.09. The summed E-state index contributed by atoms with van der Waals surface area (Å²) in [4.78, 5) is 8.51. The first-order valence-corrected chi connectivity index (χ1v) is 10.9. The van der Waals surface area contributed by atoms with Crippen LogP contribution < -0.4 is 0 Å². The second-order valence-corrected chi connectivity index (χ2v) is 9.05. The molecule has 1 unspecified atom stereocenters. The molecule has 0 bridgehead atoms. The van der Waals surface area contributed by atoms with Crippen molar-refractivity contribution in [2.45, 2.75) is 30.6 Å². The van der Waals surface area contributed by atoms with E-state index in [9.17, 15) is 12.8 Å². The van der Waals surface area contributed by atoms with Crippen LogP contribution in [0.4, 0.5) is 4.39 Å². The van der Waals surface area contributed by atoms with Gasteiger partial charge in [0.15, 0.2) is 5.82 Å². The zero-order valence-electron chi connectivity index (χ0n) is 15.7. The molecular weight excluding hydrogens is 395 g/mol. The van der Waals surface area contributed by atoms with Crippen molar-refractivity contribution in [2.75, 3.05) is 13.1 Å². The van der Waals surface area contributed by atoms with E-state index in [4.69, 9.17) is 4.52 Å². The highest BCUT2D eigenvalue weighted by Crippen LogP contribution is 2.26. The SMILES string of the molecule is O=S(=O)(c1ccc(F)cc1)N1CCCC(CCc2noc(-c3ccncc3)n2)C1. The van der Waals surface area contributed by atoms with Crippen molar-refractivity contribution in [3.8, 4) is 11.5 Å². The van der Waals surface area contributed by atoms with E-state index in [2.05, 4.69) is 15.1 Å². The minimum atomic E-state index is -3.62. The first kappa shape index (κ1) is 19.7. The smallest absolute Gasteiger partial charge is 0.258 e. The van der Waals surface area contributed by atoms with Gasteiger partial charge in [-0.1, -0.05) is 5.16 Å². The number of hydrogen-bond acceptors (Lipinski definition) is 6. The number of rotatable bonds is 6. The van der Waals surface area contributed by atoms with Gasteiger partial charge in [-0.2, -0.15) is 9.29 Å². The minimum Gasteiger partial charge on any atom is -0.334 e. The fraction of sp³-hybridized carbons (Fsp3) is 0.350. The fourth-order valence-electron chi connectivity index (χ4n) is 3.54. The van der Waals surface area contributed by atoms with Gasteiger partial charge in [-0.3, -0.25) is 4.98 Å². The largest absolute Gasteiger partial charge is 0.334 e. The van der Waals surface area contributed by atoms with E-state index >= 15 is 0 Å². The van der Waals surface area contributed by atoms with Crippen molar-refractivity contribution < 1.29 is 17.3 Å². The van der Waals surface area contributed by atoms with Crippen molar-refractivity contribution in [3.63, 3.8) is 0 Å². The maximum absolute atomic E-state index is 13.1. The summed E-state index contributed by atoms with van der Waals surface area (Å²) in [7, 11) is -3.62. The van der Waals surface area contributed by atoms with Gasteiger partial charge in [0.25, 0.3) is 5.89 Å². The predicted octanol–water partition coefficient (Wildman–Crippen LogP) is 3.30. The van der Waals surface area contributed by atoms with Crippen LogP contribution in [0.15, 0.2) is 58.2 Å². The van der Waals surface area contributed by atoms with Crippen molar-refractivity contribution in [3.05, 3.63) is 60.4 Å². The van der Waals surface area contributed by atoms with Gasteiger partial charge in [0.1, 0.15) is 5.82 Å². The third-order valence-electron chi connectivity index (χ3n) is 5.10. The summed E-state index contributed by atoms with van der Waals surface area (Å²) in [6, 6.07) is 8.57. The summed E-state index contributed by atoms with van der Waals surface area (Å²) in [6.07, 6.45) is 6.45. The van der Waals surface area contributed by atoms with Gasteiger partial charge in [0, 0.05) is 37.5 Å². The monoisotopic (exact) mass is 416 g/mol. The van der Waals surface area contributed by atoms with E-state index < -0.39 is 15.8 Å². The van der Waals surface area contributed by atoms with E-state index in [-0.39, 0.29) is 10.8 Å². The summed E-state index contributed by atoms with van der Waals surface area (Å²) >= 11 is 0. The molecule has 152 valence electrons. The van der Waals surface area contributed by atoms with Gasteiger partial charge in [-0.05, 0) is 61.6 Å². The number of piperidine rings is 1. The molecular formula is C20H21FN4O3S. The molecule has 1 aliphatic rings. The van der Waals surface area contributed by atoms with Gasteiger partial charge in [-0.25, -0.2) is 12.8 Å². The quantitative estimate of drug-likeness (QED) is 0.613. The molecule has 7 nitrogen and oxygen atoms in total. The number of sulfonamides is 1. The Bertz CT molecular complexity index is 1050. The van der Waals surface area contributed by atoms with Gasteiger partial charge in [-0.15, -0.1) is 0 Å². The maximum Gasteiger partial charge on any atom is 0.258 e. The van der Waals surface area contributed by atoms with E-state index in [0.29, 0.717) is 31.2 Å². The van der Waals surface area contributed by atoms with E-state index in [1.807, 2.05) is 0 Å². The first-order chi connectivity index (χ1) is 14.0. The normalized spacial score (nSPS) is 18.0. The number of nitrogens with zero attached hydrogens (tertiary/aromatic N) is 4. The number of hydrogen-bond donors (Lipinski definition) is 0. The topological polar surface area (TPSA) is 89.2 Å². The number of halogens is 1. The molecule has 0 N–H and O–H groups in total. The first-order valence-electron chi connectivity index (χ1n) is 9.51. The van der Waals surface area contributed by atoms with Crippen molar-refractivity contribution in [1.82, 2.24) is 19.4 Å². The summed E-state index contributed by atoms with van der Waals surface area (Å²) in [6.45, 7) is 0.916. The van der Waals surface area contributed by atoms with Crippen molar-refractivity contribution in [1.29, 1.82) is 0 Å². The number of pyridine rings is 1. The summed E-state index contributed by atoms with van der Waals surface area (Å²) in [5.74, 6) is 0.815. The second kappa shape index (κ2) is 8.38. The Balaban J connectivity index is 1.38. The molecule has 1 atom stereocenters. The number of aryl methyl sites for hydroxylation is 1. The van der Waals surface area contributed by atoms with Gasteiger partial charge in [0.2, 0.25) is 10.0 Å². The molecule has 9 heteroatoms. The van der Waals surface area contributed by atoms with Crippen LogP contribution in [-0.4, -0.2) is 40.9 Å². The summed E-state index contributed by atoms with van der Waals surface area (Å²) < 4.78 is 45.6. The van der Waals surface area contributed by atoms with Crippen LogP contribution in [0.2, 0.25) is 0 Å². The Hall–Kier alpha value is -2.65. The molecule has 0 radical (unpaired) electrons. The number of benzene rings is 1. The van der Waals surface area contributed by atoms with Crippen LogP contribution in [0.3, 0.4) is 0 Å². The van der Waals surface area contributed by atoms with Crippen LogP contribution in [0.1, 0.15) is 25.1 Å². The highest BCUT2D eigenvalue weighted by molar-refractivity contribution is 7.89. The van der Waals surface area contributed by atoms with Crippen LogP contribution in [0.5, 0.6) is 0 Å². The van der Waals surface area contributed by atoms with Gasteiger partial charge < -0.3 is 4.52 Å². The Labute approximate surface area is 168 Å². The lowest BCUT2D eigenvalue weighted by Crippen LogP contribution is -2.40. The standard InChI is InChI=1S/C20H21FN4O3S/c21-17-4-6-18(7-5-17)29(26,27)25-13-1-2-15(14-25)3-8-19-23-20(28-24-19)16-9-11-22-12-10-16/h4-7,9-12,15H,1-3,8,13-14H2. The maximum atomic E-state index is 13.1. The lowest BCUT2D eigenvalue weighted by atomic mass is 9.94. The molecule has 1 aromatic carbocycles. The highest BCUT2D eigenvalue weighted by Gasteiger charge is 2.30. The molecule has 3 aromatic rings. The van der Waals surface area contributed by atoms with Crippen LogP contribution >= 0.6 is 0 Å². The third-order valence-corrected chi connectivity index (χ3v) is 6.98. The van der Waals surface area contributed by atoms with Crippen LogP contribution in [-0.2, 0) is 16.4 Å². The summed E-state index contributed by atoms with van der Waals surface area (Å²) in [5.41, 5.74) is 0.813. The van der Waals surface area contributed by atoms with Gasteiger partial charge >= 0.3 is 0 Å². The van der Waals surface area contributed by atoms with Gasteiger partial charge in [0.05, 0.1) is 4.90 Å². The molecule has 1 fully saturated rings. The Morgan fingerprint density at radius 1 is 1.14 bits per heavy atom. The lowest BCUT2D eigenvalue weighted by molar-refractivity contribution is 0.254. The molecule has 1 aliphatic heterocycles. The average molecular weight is 416 g/mol. The Morgan fingerprint density at radius 2 is 1.90 bits per heavy atom. The average Bonchev–Trinajstić information content (AvgIpc) is 3.23. The Morgan fingerprint density at radius 3 is 2.66 bits per heavy atom.